The molecule has 7 nitrogen and oxygen atoms in total. The SMILES string of the molecule is CC(Cn1cc(Br)cn1)c1nnc(Nc2ccn(Cc3c(F)cccc3Cl)n2)s1. The van der Waals surface area contributed by atoms with Gasteiger partial charge < -0.3 is 5.32 Å². The second-order valence-corrected chi connectivity index (χ2v) is 8.78. The van der Waals surface area contributed by atoms with Gasteiger partial charge >= 0.3 is 0 Å². The van der Waals surface area contributed by atoms with Crippen LogP contribution in [0.4, 0.5) is 15.3 Å². The van der Waals surface area contributed by atoms with Crippen molar-refractivity contribution in [2.24, 2.45) is 0 Å². The number of rotatable bonds is 7. The second-order valence-electron chi connectivity index (χ2n) is 6.45. The number of anilines is 2. The van der Waals surface area contributed by atoms with Gasteiger partial charge in [-0.05, 0) is 28.1 Å². The van der Waals surface area contributed by atoms with Crippen molar-refractivity contribution in [1.29, 1.82) is 0 Å². The Bertz CT molecular complexity index is 1100. The molecule has 0 saturated heterocycles. The Morgan fingerprint density at radius 3 is 2.90 bits per heavy atom. The highest BCUT2D eigenvalue weighted by Gasteiger charge is 2.15. The van der Waals surface area contributed by atoms with Crippen molar-refractivity contribution in [3.63, 3.8) is 0 Å². The predicted octanol–water partition coefficient (Wildman–Crippen LogP) is 5.08. The molecule has 0 amide bonds. The van der Waals surface area contributed by atoms with Gasteiger partial charge in [0, 0.05) is 41.5 Å². The topological polar surface area (TPSA) is 73.5 Å². The van der Waals surface area contributed by atoms with E-state index in [2.05, 4.69) is 48.6 Å². The fraction of sp³-hybridized carbons (Fsp3) is 0.222. The van der Waals surface area contributed by atoms with Crippen molar-refractivity contribution in [1.82, 2.24) is 29.8 Å². The molecule has 150 valence electrons. The quantitative estimate of drug-likeness (QED) is 0.386. The van der Waals surface area contributed by atoms with Crippen LogP contribution in [0.15, 0.2) is 47.3 Å². The van der Waals surface area contributed by atoms with Crippen LogP contribution in [0.1, 0.15) is 23.4 Å². The second kappa shape index (κ2) is 8.60. The van der Waals surface area contributed by atoms with Crippen LogP contribution < -0.4 is 5.32 Å². The molecule has 0 fully saturated rings. The Labute approximate surface area is 183 Å². The fourth-order valence-electron chi connectivity index (χ4n) is 2.75. The van der Waals surface area contributed by atoms with E-state index in [9.17, 15) is 4.39 Å². The first kappa shape index (κ1) is 20.0. The maximum absolute atomic E-state index is 14.0. The van der Waals surface area contributed by atoms with Crippen LogP contribution >= 0.6 is 38.9 Å². The van der Waals surface area contributed by atoms with Crippen molar-refractivity contribution in [2.45, 2.75) is 25.9 Å². The molecule has 0 aliphatic rings. The molecule has 4 aromatic rings. The standard InChI is InChI=1S/C18H16BrClFN7S/c1-11(8-28-9-12(19)7-22-28)17-24-25-18(29-17)23-16-5-6-27(26-16)10-13-14(20)3-2-4-15(13)21/h2-7,9,11H,8,10H2,1H3,(H,23,25,26). The normalized spacial score (nSPS) is 12.3. The summed E-state index contributed by atoms with van der Waals surface area (Å²) in [7, 11) is 0. The van der Waals surface area contributed by atoms with Crippen molar-refractivity contribution in [3.05, 3.63) is 68.7 Å². The van der Waals surface area contributed by atoms with Gasteiger partial charge in [-0.25, -0.2) is 4.39 Å². The highest BCUT2D eigenvalue weighted by atomic mass is 79.9. The summed E-state index contributed by atoms with van der Waals surface area (Å²) in [6, 6.07) is 6.42. The van der Waals surface area contributed by atoms with E-state index in [1.807, 2.05) is 10.9 Å². The van der Waals surface area contributed by atoms with Gasteiger partial charge in [0.15, 0.2) is 5.82 Å². The molecule has 1 unspecified atom stereocenters. The van der Waals surface area contributed by atoms with Crippen molar-refractivity contribution < 1.29 is 4.39 Å². The van der Waals surface area contributed by atoms with Gasteiger partial charge in [-0.1, -0.05) is 35.9 Å². The van der Waals surface area contributed by atoms with Gasteiger partial charge in [-0.15, -0.1) is 10.2 Å². The van der Waals surface area contributed by atoms with E-state index < -0.39 is 0 Å². The average molecular weight is 497 g/mol. The third-order valence-electron chi connectivity index (χ3n) is 4.18. The van der Waals surface area contributed by atoms with E-state index in [1.165, 1.54) is 17.4 Å². The maximum atomic E-state index is 14.0. The van der Waals surface area contributed by atoms with Crippen LogP contribution in [0.5, 0.6) is 0 Å². The molecule has 0 radical (unpaired) electrons. The van der Waals surface area contributed by atoms with Gasteiger partial charge in [0.25, 0.3) is 0 Å². The Hall–Kier alpha value is -2.30. The zero-order chi connectivity index (χ0) is 20.4. The molecule has 1 aromatic carbocycles. The molecular weight excluding hydrogens is 481 g/mol. The van der Waals surface area contributed by atoms with Crippen LogP contribution in [-0.4, -0.2) is 29.8 Å². The van der Waals surface area contributed by atoms with Crippen LogP contribution in [0, 0.1) is 5.82 Å². The zero-order valence-corrected chi connectivity index (χ0v) is 18.4. The highest BCUT2D eigenvalue weighted by Crippen LogP contribution is 2.27. The zero-order valence-electron chi connectivity index (χ0n) is 15.3. The molecule has 3 aromatic heterocycles. The lowest BCUT2D eigenvalue weighted by Gasteiger charge is -2.07. The van der Waals surface area contributed by atoms with Crippen LogP contribution in [0.3, 0.4) is 0 Å². The molecule has 1 N–H and O–H groups in total. The Morgan fingerprint density at radius 1 is 1.28 bits per heavy atom. The molecule has 0 aliphatic heterocycles. The summed E-state index contributed by atoms with van der Waals surface area (Å²) >= 11 is 10.9. The van der Waals surface area contributed by atoms with Crippen LogP contribution in [0.25, 0.3) is 0 Å². The minimum atomic E-state index is -0.352. The van der Waals surface area contributed by atoms with E-state index in [-0.39, 0.29) is 18.3 Å². The van der Waals surface area contributed by atoms with Crippen molar-refractivity contribution in [2.75, 3.05) is 5.32 Å². The number of benzene rings is 1. The third kappa shape index (κ3) is 4.82. The smallest absolute Gasteiger partial charge is 0.211 e. The number of hydrogen-bond acceptors (Lipinski definition) is 6. The molecule has 0 spiro atoms. The summed E-state index contributed by atoms with van der Waals surface area (Å²) in [5, 5.41) is 22.2. The van der Waals surface area contributed by atoms with E-state index in [0.29, 0.717) is 28.1 Å². The molecule has 29 heavy (non-hydrogen) atoms. The van der Waals surface area contributed by atoms with Crippen molar-refractivity contribution in [3.8, 4) is 0 Å². The average Bonchev–Trinajstić information content (AvgIpc) is 3.41. The molecule has 3 heterocycles. The lowest BCUT2D eigenvalue weighted by Crippen LogP contribution is -2.06. The van der Waals surface area contributed by atoms with E-state index in [1.54, 1.807) is 35.3 Å². The summed E-state index contributed by atoms with van der Waals surface area (Å²) < 4.78 is 18.4. The summed E-state index contributed by atoms with van der Waals surface area (Å²) in [5.41, 5.74) is 0.404. The van der Waals surface area contributed by atoms with Gasteiger partial charge in [0.2, 0.25) is 5.13 Å². The van der Waals surface area contributed by atoms with Gasteiger partial charge in [-0.3, -0.25) is 9.36 Å². The molecular formula is C18H16BrClFN7S. The minimum absolute atomic E-state index is 0.163. The summed E-state index contributed by atoms with van der Waals surface area (Å²) in [4.78, 5) is 0. The molecule has 0 bridgehead atoms. The number of hydrogen-bond donors (Lipinski definition) is 1. The number of aromatic nitrogens is 6. The Morgan fingerprint density at radius 2 is 2.14 bits per heavy atom. The number of nitrogens with zero attached hydrogens (tertiary/aromatic N) is 6. The molecule has 0 saturated carbocycles. The maximum Gasteiger partial charge on any atom is 0.211 e. The van der Waals surface area contributed by atoms with Gasteiger partial charge in [-0.2, -0.15) is 10.2 Å². The molecule has 4 rings (SSSR count). The first-order chi connectivity index (χ1) is 14.0. The lowest BCUT2D eigenvalue weighted by atomic mass is 10.2. The predicted molar refractivity (Wildman–Crippen MR) is 114 cm³/mol. The number of nitrogens with one attached hydrogen (secondary N) is 1. The first-order valence-electron chi connectivity index (χ1n) is 8.72. The van der Waals surface area contributed by atoms with Crippen molar-refractivity contribution >= 4 is 49.8 Å². The number of halogens is 3. The van der Waals surface area contributed by atoms with E-state index in [0.717, 1.165) is 9.48 Å². The summed E-state index contributed by atoms with van der Waals surface area (Å²) in [5.74, 6) is 0.411. The minimum Gasteiger partial charge on any atom is -0.313 e. The van der Waals surface area contributed by atoms with Crippen LogP contribution in [-0.2, 0) is 13.1 Å². The van der Waals surface area contributed by atoms with Gasteiger partial charge in [0.1, 0.15) is 10.8 Å². The highest BCUT2D eigenvalue weighted by molar-refractivity contribution is 9.10. The van der Waals surface area contributed by atoms with Gasteiger partial charge in [0.05, 0.1) is 17.2 Å². The third-order valence-corrected chi connectivity index (χ3v) is 6.02. The largest absolute Gasteiger partial charge is 0.313 e. The summed E-state index contributed by atoms with van der Waals surface area (Å²) in [6.07, 6.45) is 5.43. The fourth-order valence-corrected chi connectivity index (χ4v) is 4.10. The van der Waals surface area contributed by atoms with E-state index >= 15 is 0 Å². The summed E-state index contributed by atoms with van der Waals surface area (Å²) in [6.45, 7) is 3.02. The Kier molecular flexibility index (Phi) is 5.93. The van der Waals surface area contributed by atoms with E-state index in [4.69, 9.17) is 11.6 Å². The molecule has 0 aliphatic carbocycles. The Balaban J connectivity index is 1.40. The first-order valence-corrected chi connectivity index (χ1v) is 10.7. The monoisotopic (exact) mass is 495 g/mol. The molecule has 1 atom stereocenters. The lowest BCUT2D eigenvalue weighted by molar-refractivity contribution is 0.538. The van der Waals surface area contributed by atoms with Crippen LogP contribution in [0.2, 0.25) is 5.02 Å². The molecule has 11 heteroatoms.